The molecule has 0 unspecified atom stereocenters. The first-order valence-corrected chi connectivity index (χ1v) is 18.6. The fourth-order valence-electron chi connectivity index (χ4n) is 8.03. The highest BCUT2D eigenvalue weighted by molar-refractivity contribution is 6.11. The van der Waals surface area contributed by atoms with Crippen LogP contribution in [0.2, 0.25) is 0 Å². The Morgan fingerprint density at radius 1 is 0.321 bits per heavy atom. The molecule has 0 amide bonds. The molecule has 1 aliphatic rings. The molecule has 9 rings (SSSR count). The van der Waals surface area contributed by atoms with Crippen molar-refractivity contribution in [1.29, 1.82) is 0 Å². The zero-order valence-corrected chi connectivity index (χ0v) is 31.0. The van der Waals surface area contributed by atoms with Gasteiger partial charge in [-0.05, 0) is 128 Å². The molecular weight excluding hydrogens is 637 g/mol. The predicted molar refractivity (Wildman–Crippen MR) is 229 cm³/mol. The van der Waals surface area contributed by atoms with Gasteiger partial charge in [0.1, 0.15) is 0 Å². The number of benzene rings is 8. The molecule has 0 saturated heterocycles. The molecule has 0 spiro atoms. The summed E-state index contributed by atoms with van der Waals surface area (Å²) in [7, 11) is 0. The number of fused-ring (bicyclic) bond motifs is 4. The van der Waals surface area contributed by atoms with E-state index in [1.807, 2.05) is 0 Å². The van der Waals surface area contributed by atoms with Gasteiger partial charge in [-0.15, -0.1) is 0 Å². The van der Waals surface area contributed by atoms with E-state index in [2.05, 4.69) is 210 Å². The van der Waals surface area contributed by atoms with Gasteiger partial charge in [0.2, 0.25) is 0 Å². The summed E-state index contributed by atoms with van der Waals surface area (Å²) in [5, 5.41) is 5.20. The zero-order chi connectivity index (χ0) is 36.3. The summed E-state index contributed by atoms with van der Waals surface area (Å²) in [5.41, 5.74) is 18.3. The first kappa shape index (κ1) is 33.9. The first-order valence-electron chi connectivity index (χ1n) is 18.6. The number of hydrogen-bond donors (Lipinski definition) is 0. The summed E-state index contributed by atoms with van der Waals surface area (Å²) in [5.74, 6) is 0. The van der Waals surface area contributed by atoms with Crippen molar-refractivity contribution in [3.63, 3.8) is 0 Å². The Morgan fingerprint density at radius 3 is 1.36 bits per heavy atom. The number of allylic oxidation sites excluding steroid dienone is 2. The van der Waals surface area contributed by atoms with E-state index in [-0.39, 0.29) is 0 Å². The van der Waals surface area contributed by atoms with E-state index in [0.29, 0.717) is 0 Å². The molecule has 0 nitrogen and oxygen atoms in total. The molecule has 256 valence electrons. The minimum Gasteiger partial charge on any atom is -0.0620 e. The summed E-state index contributed by atoms with van der Waals surface area (Å²) >= 11 is 0. The highest BCUT2D eigenvalue weighted by atomic mass is 14.3. The Morgan fingerprint density at radius 2 is 0.755 bits per heavy atom. The van der Waals surface area contributed by atoms with Crippen molar-refractivity contribution >= 4 is 43.8 Å². The van der Waals surface area contributed by atoms with Crippen molar-refractivity contribution in [3.05, 3.63) is 238 Å². The van der Waals surface area contributed by atoms with Crippen LogP contribution in [-0.2, 0) is 6.42 Å². The van der Waals surface area contributed by atoms with Crippen LogP contribution in [0.5, 0.6) is 0 Å². The molecule has 1 aliphatic carbocycles. The van der Waals surface area contributed by atoms with Gasteiger partial charge in [0.05, 0.1) is 0 Å². The maximum atomic E-state index is 2.37. The second-order valence-corrected chi connectivity index (χ2v) is 14.3. The van der Waals surface area contributed by atoms with Crippen LogP contribution in [0.4, 0.5) is 0 Å². The monoisotopic (exact) mass is 680 g/mol. The van der Waals surface area contributed by atoms with Crippen LogP contribution in [0, 0.1) is 20.8 Å². The summed E-state index contributed by atoms with van der Waals surface area (Å²) in [6, 6.07) is 66.3. The van der Waals surface area contributed by atoms with E-state index in [0.717, 1.165) is 6.42 Å². The van der Waals surface area contributed by atoms with Crippen LogP contribution in [-0.4, -0.2) is 0 Å². The zero-order valence-electron chi connectivity index (χ0n) is 31.0. The molecule has 0 N–H and O–H groups in total. The van der Waals surface area contributed by atoms with E-state index < -0.39 is 0 Å². The van der Waals surface area contributed by atoms with Crippen LogP contribution in [0.3, 0.4) is 0 Å². The Kier molecular flexibility index (Phi) is 9.45. The second-order valence-electron chi connectivity index (χ2n) is 14.3. The number of aryl methyl sites for hydroxylation is 3. The highest BCUT2D eigenvalue weighted by Gasteiger charge is 2.26. The molecule has 8 aromatic rings. The van der Waals surface area contributed by atoms with Crippen LogP contribution in [0.1, 0.15) is 62.6 Å². The van der Waals surface area contributed by atoms with Crippen LogP contribution >= 0.6 is 0 Å². The normalized spacial score (nSPS) is 15.2. The highest BCUT2D eigenvalue weighted by Crippen LogP contribution is 2.47. The Bertz CT molecular complexity index is 2680. The maximum Gasteiger partial charge on any atom is -0.00130 e. The molecule has 0 radical (unpaired) electrons. The lowest BCUT2D eigenvalue weighted by Crippen LogP contribution is -2.09. The summed E-state index contributed by atoms with van der Waals surface area (Å²) in [6.07, 6.45) is 0.840. The van der Waals surface area contributed by atoms with E-state index in [9.17, 15) is 0 Å². The van der Waals surface area contributed by atoms with E-state index in [1.54, 1.807) is 0 Å². The van der Waals surface area contributed by atoms with Crippen molar-refractivity contribution in [1.82, 2.24) is 0 Å². The van der Waals surface area contributed by atoms with Gasteiger partial charge in [-0.1, -0.05) is 188 Å². The average Bonchev–Trinajstić information content (AvgIpc) is 3.19. The minimum atomic E-state index is 0.840. The van der Waals surface area contributed by atoms with Crippen LogP contribution in [0.25, 0.3) is 43.8 Å². The predicted octanol–water partition coefficient (Wildman–Crippen LogP) is 14.1. The first-order chi connectivity index (χ1) is 26.0. The third-order valence-electron chi connectivity index (χ3n) is 10.7. The third-order valence-corrected chi connectivity index (χ3v) is 10.7. The smallest absolute Gasteiger partial charge is 0.00130 e. The van der Waals surface area contributed by atoms with E-state index in [4.69, 9.17) is 0 Å². The van der Waals surface area contributed by atoms with Crippen LogP contribution < -0.4 is 0 Å². The van der Waals surface area contributed by atoms with Gasteiger partial charge in [0.15, 0.2) is 0 Å². The largest absolute Gasteiger partial charge is 0.0620 e. The summed E-state index contributed by atoms with van der Waals surface area (Å²) in [4.78, 5) is 0. The topological polar surface area (TPSA) is 0 Å². The van der Waals surface area contributed by atoms with Gasteiger partial charge < -0.3 is 0 Å². The van der Waals surface area contributed by atoms with Crippen molar-refractivity contribution in [2.75, 3.05) is 0 Å². The van der Waals surface area contributed by atoms with Gasteiger partial charge in [-0.3, -0.25) is 0 Å². The Labute approximate surface area is 314 Å². The fraction of sp³-hybridized carbons (Fsp3) is 0.0943. The quantitative estimate of drug-likeness (QED) is 0.174. The summed E-state index contributed by atoms with van der Waals surface area (Å²) < 4.78 is 0. The molecule has 53 heavy (non-hydrogen) atoms. The Hall–Kier alpha value is -6.24. The third kappa shape index (κ3) is 6.77. The van der Waals surface area contributed by atoms with Crippen molar-refractivity contribution in [3.8, 4) is 0 Å². The number of rotatable bonds is 4. The van der Waals surface area contributed by atoms with Gasteiger partial charge in [0, 0.05) is 0 Å². The average molecular weight is 681 g/mol. The summed E-state index contributed by atoms with van der Waals surface area (Å²) in [6.45, 7) is 8.90. The number of hydrogen-bond acceptors (Lipinski definition) is 0. The fourth-order valence-corrected chi connectivity index (χ4v) is 8.03. The molecule has 0 aliphatic heterocycles. The lowest BCUT2D eigenvalue weighted by atomic mass is 9.75. The van der Waals surface area contributed by atoms with E-state index in [1.165, 1.54) is 99.5 Å². The molecule has 0 saturated carbocycles. The lowest BCUT2D eigenvalue weighted by molar-refractivity contribution is 1.27. The molecule has 0 heteroatoms. The second kappa shape index (κ2) is 14.8. The van der Waals surface area contributed by atoms with E-state index >= 15 is 0 Å². The molecule has 0 bridgehead atoms. The molecule has 0 aromatic heterocycles. The molecule has 0 fully saturated rings. The Balaban J connectivity index is 0.000000310. The van der Waals surface area contributed by atoms with Crippen molar-refractivity contribution < 1.29 is 0 Å². The van der Waals surface area contributed by atoms with Gasteiger partial charge >= 0.3 is 0 Å². The molecule has 0 atom stereocenters. The van der Waals surface area contributed by atoms with Gasteiger partial charge in [-0.2, -0.15) is 0 Å². The van der Waals surface area contributed by atoms with Crippen LogP contribution in [0.15, 0.2) is 182 Å². The van der Waals surface area contributed by atoms with Gasteiger partial charge in [0.25, 0.3) is 0 Å². The molecule has 8 aromatic carbocycles. The SMILES string of the molecule is C/C1=C(\c2ccccc2C)c2ccccc2/C(c2ccccc2C)=C(/Cc2ccc3ccccc3c2)c2ccccc21.Cc1ccc2ccccc2c1. The van der Waals surface area contributed by atoms with Crippen molar-refractivity contribution in [2.24, 2.45) is 0 Å². The maximum absolute atomic E-state index is 2.37. The minimum absolute atomic E-state index is 0.840. The lowest BCUT2D eigenvalue weighted by Gasteiger charge is -2.28. The molecular formula is C53H44. The standard InChI is InChI=1S/C42H34.C11H10/c1-28-14-4-8-18-34(28)41-30(3)36-20-10-11-21-37(36)40(27-31-24-25-32-16-6-7-17-33(32)26-31)42(35-19-9-5-15-29(35)2)39-23-13-12-22-38(39)41;1-9-6-7-10-4-2-3-5-11(10)8-9/h4-26H,27H2,1-3H3;2-8H,1H3/b36-30?,40-37?,41-30-,41-38?,42-39?,42-40-;. The van der Waals surface area contributed by atoms with Crippen molar-refractivity contribution in [2.45, 2.75) is 34.1 Å². The van der Waals surface area contributed by atoms with Gasteiger partial charge in [-0.25, -0.2) is 0 Å². The molecule has 0 heterocycles.